The van der Waals surface area contributed by atoms with Crippen molar-refractivity contribution in [3.05, 3.63) is 24.3 Å². The molecule has 1 amide bonds. The molecule has 0 unspecified atom stereocenters. The van der Waals surface area contributed by atoms with Gasteiger partial charge in [0.2, 0.25) is 0 Å². The number of nitrogens with zero attached hydrogens (tertiary/aromatic N) is 1. The molecule has 0 aliphatic carbocycles. The molecule has 1 N–H and O–H groups in total. The van der Waals surface area contributed by atoms with E-state index >= 15 is 0 Å². The molecule has 0 bridgehead atoms. The number of hydrogen-bond donors (Lipinski definition) is 1. The van der Waals surface area contributed by atoms with E-state index in [1.807, 2.05) is 12.1 Å². The normalized spacial score (nSPS) is 14.7. The fourth-order valence-corrected chi connectivity index (χ4v) is 1.53. The predicted octanol–water partition coefficient (Wildman–Crippen LogP) is 0.902. The van der Waals surface area contributed by atoms with E-state index in [-0.39, 0.29) is 19.1 Å². The summed E-state index contributed by atoms with van der Waals surface area (Å²) < 4.78 is 5.25. The Balaban J connectivity index is 2.25. The third-order valence-corrected chi connectivity index (χ3v) is 2.21. The maximum absolute atomic E-state index is 11.5. The number of hydrogen-bond acceptors (Lipinski definition) is 4. The SMILES string of the molecule is O=C1COc2ccccc2N1CCOO. The third kappa shape index (κ3) is 1.93. The van der Waals surface area contributed by atoms with Crippen LogP contribution >= 0.6 is 0 Å². The fraction of sp³-hybridized carbons (Fsp3) is 0.300. The first-order valence-electron chi connectivity index (χ1n) is 4.61. The molecule has 0 radical (unpaired) electrons. The van der Waals surface area contributed by atoms with Gasteiger partial charge in [0, 0.05) is 0 Å². The van der Waals surface area contributed by atoms with Crippen molar-refractivity contribution in [2.75, 3.05) is 24.7 Å². The quantitative estimate of drug-likeness (QED) is 0.593. The second kappa shape index (κ2) is 4.29. The highest BCUT2D eigenvalue weighted by Gasteiger charge is 2.24. The molecule has 80 valence electrons. The summed E-state index contributed by atoms with van der Waals surface area (Å²) in [5, 5.41) is 8.26. The Labute approximate surface area is 86.8 Å². The number of ether oxygens (including phenoxy) is 1. The van der Waals surface area contributed by atoms with Gasteiger partial charge in [-0.25, -0.2) is 4.89 Å². The Morgan fingerprint density at radius 3 is 3.07 bits per heavy atom. The van der Waals surface area contributed by atoms with Gasteiger partial charge in [-0.15, -0.1) is 0 Å². The van der Waals surface area contributed by atoms with Gasteiger partial charge in [-0.1, -0.05) is 12.1 Å². The van der Waals surface area contributed by atoms with Gasteiger partial charge in [-0.2, -0.15) is 0 Å². The Morgan fingerprint density at radius 1 is 1.47 bits per heavy atom. The van der Waals surface area contributed by atoms with Crippen molar-refractivity contribution in [3.63, 3.8) is 0 Å². The average molecular weight is 209 g/mol. The highest BCUT2D eigenvalue weighted by atomic mass is 17.1. The zero-order chi connectivity index (χ0) is 10.7. The summed E-state index contributed by atoms with van der Waals surface area (Å²) in [5.41, 5.74) is 0.714. The van der Waals surface area contributed by atoms with Gasteiger partial charge >= 0.3 is 0 Å². The lowest BCUT2D eigenvalue weighted by Crippen LogP contribution is -2.40. The van der Waals surface area contributed by atoms with E-state index in [0.29, 0.717) is 18.0 Å². The van der Waals surface area contributed by atoms with Crippen molar-refractivity contribution < 1.29 is 19.7 Å². The van der Waals surface area contributed by atoms with Gasteiger partial charge in [0.1, 0.15) is 5.75 Å². The molecule has 15 heavy (non-hydrogen) atoms. The Morgan fingerprint density at radius 2 is 2.27 bits per heavy atom. The lowest BCUT2D eigenvalue weighted by Gasteiger charge is -2.28. The number of carbonyl (C=O) groups excluding carboxylic acids is 1. The van der Waals surface area contributed by atoms with E-state index in [0.717, 1.165) is 0 Å². The maximum Gasteiger partial charge on any atom is 0.265 e. The molecule has 1 aliphatic heterocycles. The van der Waals surface area contributed by atoms with Crippen LogP contribution < -0.4 is 9.64 Å². The van der Waals surface area contributed by atoms with Crippen LogP contribution in [0.15, 0.2) is 24.3 Å². The highest BCUT2D eigenvalue weighted by Crippen LogP contribution is 2.30. The molecule has 0 aromatic heterocycles. The first-order valence-corrected chi connectivity index (χ1v) is 4.61. The molecule has 2 rings (SSSR count). The van der Waals surface area contributed by atoms with Crippen molar-refractivity contribution in [2.45, 2.75) is 0 Å². The largest absolute Gasteiger partial charge is 0.482 e. The smallest absolute Gasteiger partial charge is 0.265 e. The molecule has 0 atom stereocenters. The highest BCUT2D eigenvalue weighted by molar-refractivity contribution is 5.97. The number of carbonyl (C=O) groups is 1. The third-order valence-electron chi connectivity index (χ3n) is 2.21. The standard InChI is InChI=1S/C10H11NO4/c12-10-7-14-9-4-2-1-3-8(9)11(10)5-6-15-13/h1-4,13H,5-7H2. The van der Waals surface area contributed by atoms with Gasteiger partial charge in [-0.05, 0) is 12.1 Å². The van der Waals surface area contributed by atoms with Gasteiger partial charge in [0.25, 0.3) is 5.91 Å². The summed E-state index contributed by atoms with van der Waals surface area (Å²) in [6.45, 7) is 0.429. The van der Waals surface area contributed by atoms with Gasteiger partial charge < -0.3 is 9.64 Å². The molecule has 1 aromatic rings. The van der Waals surface area contributed by atoms with E-state index < -0.39 is 0 Å². The zero-order valence-electron chi connectivity index (χ0n) is 8.05. The molecule has 0 spiro atoms. The van der Waals surface area contributed by atoms with Gasteiger partial charge in [-0.3, -0.25) is 10.1 Å². The van der Waals surface area contributed by atoms with E-state index in [1.54, 1.807) is 12.1 Å². The fourth-order valence-electron chi connectivity index (χ4n) is 1.53. The van der Waals surface area contributed by atoms with E-state index in [2.05, 4.69) is 4.89 Å². The minimum atomic E-state index is -0.134. The molecular weight excluding hydrogens is 198 g/mol. The summed E-state index contributed by atoms with van der Waals surface area (Å²) in [7, 11) is 0. The molecule has 0 saturated carbocycles. The predicted molar refractivity (Wildman–Crippen MR) is 52.9 cm³/mol. The van der Waals surface area contributed by atoms with Crippen molar-refractivity contribution in [2.24, 2.45) is 0 Å². The van der Waals surface area contributed by atoms with Crippen LogP contribution in [0, 0.1) is 0 Å². The number of anilines is 1. The molecule has 0 fully saturated rings. The molecular formula is C10H11NO4. The summed E-state index contributed by atoms with van der Waals surface area (Å²) in [4.78, 5) is 17.0. The Hall–Kier alpha value is -1.59. The first kappa shape index (κ1) is 9.95. The molecule has 1 aliphatic rings. The Kier molecular flexibility index (Phi) is 2.84. The van der Waals surface area contributed by atoms with Crippen LogP contribution in [0.1, 0.15) is 0 Å². The molecule has 1 heterocycles. The number of amides is 1. The van der Waals surface area contributed by atoms with Crippen molar-refractivity contribution in [1.29, 1.82) is 0 Å². The van der Waals surface area contributed by atoms with E-state index in [4.69, 9.17) is 9.99 Å². The molecule has 5 heteroatoms. The maximum atomic E-state index is 11.5. The Bertz CT molecular complexity index is 366. The minimum Gasteiger partial charge on any atom is -0.482 e. The zero-order valence-corrected chi connectivity index (χ0v) is 8.05. The summed E-state index contributed by atoms with van der Waals surface area (Å²) in [6, 6.07) is 7.27. The van der Waals surface area contributed by atoms with Crippen LogP contribution in [0.3, 0.4) is 0 Å². The second-order valence-electron chi connectivity index (χ2n) is 3.13. The molecule has 1 aromatic carbocycles. The summed E-state index contributed by atoms with van der Waals surface area (Å²) in [6.07, 6.45) is 0. The topological polar surface area (TPSA) is 59.0 Å². The van der Waals surface area contributed by atoms with E-state index in [1.165, 1.54) is 4.90 Å². The summed E-state index contributed by atoms with van der Waals surface area (Å²) >= 11 is 0. The van der Waals surface area contributed by atoms with Gasteiger partial charge in [0.15, 0.2) is 6.61 Å². The van der Waals surface area contributed by atoms with Crippen molar-refractivity contribution >= 4 is 11.6 Å². The number of benzene rings is 1. The minimum absolute atomic E-state index is 0.0302. The van der Waals surface area contributed by atoms with Crippen LogP contribution in [0.25, 0.3) is 0 Å². The average Bonchev–Trinajstić information content (AvgIpc) is 2.28. The van der Waals surface area contributed by atoms with Crippen LogP contribution in [0.5, 0.6) is 5.75 Å². The lowest BCUT2D eigenvalue weighted by atomic mass is 10.2. The lowest BCUT2D eigenvalue weighted by molar-refractivity contribution is -0.239. The molecule has 5 nitrogen and oxygen atoms in total. The van der Waals surface area contributed by atoms with Crippen molar-refractivity contribution in [1.82, 2.24) is 0 Å². The van der Waals surface area contributed by atoms with Gasteiger partial charge in [0.05, 0.1) is 18.8 Å². The monoisotopic (exact) mass is 209 g/mol. The number of fused-ring (bicyclic) bond motifs is 1. The number of para-hydroxylation sites is 2. The molecule has 0 saturated heterocycles. The second-order valence-corrected chi connectivity index (χ2v) is 3.13. The van der Waals surface area contributed by atoms with Crippen LogP contribution in [0.4, 0.5) is 5.69 Å². The first-order chi connectivity index (χ1) is 7.33. The van der Waals surface area contributed by atoms with Crippen LogP contribution in [0.2, 0.25) is 0 Å². The summed E-state index contributed by atoms with van der Waals surface area (Å²) in [5.74, 6) is 0.542. The van der Waals surface area contributed by atoms with E-state index in [9.17, 15) is 4.79 Å². The van der Waals surface area contributed by atoms with Crippen LogP contribution in [-0.4, -0.2) is 30.9 Å². The number of rotatable bonds is 3. The van der Waals surface area contributed by atoms with Crippen LogP contribution in [-0.2, 0) is 9.68 Å². The van der Waals surface area contributed by atoms with Crippen molar-refractivity contribution in [3.8, 4) is 5.75 Å².